The summed E-state index contributed by atoms with van der Waals surface area (Å²) in [7, 11) is 2.03. The van der Waals surface area contributed by atoms with Crippen LogP contribution in [0, 0.1) is 13.8 Å². The topological polar surface area (TPSA) is 56.1 Å². The zero-order valence-corrected chi connectivity index (χ0v) is 40.0. The first kappa shape index (κ1) is 47.9. The van der Waals surface area contributed by atoms with Crippen LogP contribution in [0.2, 0.25) is 0 Å². The molecule has 0 aliphatic rings. The maximum Gasteiger partial charge on any atom is 0.128 e. The molecular weight excluding hydrogens is 851 g/mol. The van der Waals surface area contributed by atoms with E-state index in [-0.39, 0.29) is 53.3 Å². The van der Waals surface area contributed by atoms with Gasteiger partial charge < -0.3 is 15.1 Å². The molecule has 0 saturated carbocycles. The average molecular weight is 918 g/mol. The van der Waals surface area contributed by atoms with E-state index < -0.39 is 0 Å². The number of anilines is 1. The van der Waals surface area contributed by atoms with Crippen LogP contribution >= 0.6 is 0 Å². The molecule has 5 aromatic carbocycles. The second-order valence-electron chi connectivity index (χ2n) is 18.6. The summed E-state index contributed by atoms with van der Waals surface area (Å²) in [4.78, 5) is 7.02. The minimum Gasteiger partial charge on any atom is -0.507 e. The Morgan fingerprint density at radius 3 is 1.38 bits per heavy atom. The van der Waals surface area contributed by atoms with E-state index in [1.165, 1.54) is 5.56 Å². The third-order valence-corrected chi connectivity index (χ3v) is 9.41. The number of benzene rings is 5. The van der Waals surface area contributed by atoms with Crippen LogP contribution in [0.15, 0.2) is 114 Å². The molecule has 298 valence electrons. The summed E-state index contributed by atoms with van der Waals surface area (Å²) in [6, 6.07) is 36.2. The second kappa shape index (κ2) is 19.8. The van der Waals surface area contributed by atoms with Crippen LogP contribution in [0.1, 0.15) is 128 Å². The first-order valence-corrected chi connectivity index (χ1v) is 19.2. The van der Waals surface area contributed by atoms with Crippen LogP contribution < -0.4 is 4.90 Å². The molecule has 5 heteroatoms. The second-order valence-corrected chi connectivity index (χ2v) is 18.6. The molecule has 0 fully saturated rings. The van der Waals surface area contributed by atoms with Crippen molar-refractivity contribution in [1.82, 2.24) is 0 Å². The van der Waals surface area contributed by atoms with E-state index in [4.69, 9.17) is 4.99 Å². The number of nitrogens with zero attached hydrogens (tertiary/aromatic N) is 2. The van der Waals surface area contributed by atoms with Crippen molar-refractivity contribution >= 4 is 17.6 Å². The minimum absolute atomic E-state index is 0. The molecule has 5 rings (SSSR count). The standard InChI is InChI=1S/C37H52N2O2.2C7H7.Hf/c1-34(2,3)26-18-24(32(40)28(20-26)36(7,8)9)22-38-30-16-14-15-17-31(30)39(13)23-25-19-27(35(4,5)6)21-29(33(25)41)37(10,11)12;2*1-7-5-3-2-4-6-7;/h14-22,40-41H,23H2,1-13H3;2*2-6H,1H2;/q;2*-1;. The number of aromatic hydroxyl groups is 2. The maximum absolute atomic E-state index is 11.4. The van der Waals surface area contributed by atoms with Gasteiger partial charge in [0.2, 0.25) is 0 Å². The van der Waals surface area contributed by atoms with Gasteiger partial charge in [-0.15, -0.1) is 24.3 Å². The zero-order chi connectivity index (χ0) is 41.4. The first-order chi connectivity index (χ1) is 25.4. The van der Waals surface area contributed by atoms with Crippen LogP contribution in [0.4, 0.5) is 11.4 Å². The van der Waals surface area contributed by atoms with E-state index in [0.29, 0.717) is 17.9 Å². The summed E-state index contributed by atoms with van der Waals surface area (Å²) in [6.45, 7) is 33.9. The molecule has 0 bridgehead atoms. The fourth-order valence-electron chi connectivity index (χ4n) is 5.91. The molecule has 0 amide bonds. The Labute approximate surface area is 358 Å². The SMILES string of the molecule is CN(Cc1cc(C(C)(C)C)cc(C(C)(C)C)c1O)c1ccccc1N=Cc1cc(C(C)(C)C)cc(C(C)(C)C)c1O.[CH2-]c1ccccc1.[CH2-]c1ccccc1.[Hf]. The average Bonchev–Trinajstić information content (AvgIpc) is 3.08. The number of phenols is 2. The van der Waals surface area contributed by atoms with Gasteiger partial charge in [0.15, 0.2) is 0 Å². The summed E-state index contributed by atoms with van der Waals surface area (Å²) >= 11 is 0. The van der Waals surface area contributed by atoms with Crippen molar-refractivity contribution in [1.29, 1.82) is 0 Å². The van der Waals surface area contributed by atoms with Gasteiger partial charge in [-0.1, -0.05) is 119 Å². The van der Waals surface area contributed by atoms with Crippen molar-refractivity contribution < 1.29 is 36.1 Å². The van der Waals surface area contributed by atoms with Gasteiger partial charge in [-0.25, -0.2) is 0 Å². The number of rotatable bonds is 5. The third kappa shape index (κ3) is 14.1. The van der Waals surface area contributed by atoms with Crippen LogP contribution in [-0.4, -0.2) is 23.5 Å². The van der Waals surface area contributed by atoms with Gasteiger partial charge >= 0.3 is 0 Å². The molecule has 0 saturated heterocycles. The van der Waals surface area contributed by atoms with E-state index in [0.717, 1.165) is 44.8 Å². The third-order valence-electron chi connectivity index (χ3n) is 9.41. The summed E-state index contributed by atoms with van der Waals surface area (Å²) in [6.07, 6.45) is 1.78. The van der Waals surface area contributed by atoms with Gasteiger partial charge in [0.1, 0.15) is 11.5 Å². The quantitative estimate of drug-likeness (QED) is 0.105. The molecule has 0 heterocycles. The number of aliphatic imine (C=N–C) groups is 1. The molecular formula is C51H66HfN2O2-2. The minimum atomic E-state index is -0.207. The molecule has 0 spiro atoms. The predicted octanol–water partition coefficient (Wildman–Crippen LogP) is 13.4. The van der Waals surface area contributed by atoms with E-state index in [2.05, 4.69) is 120 Å². The van der Waals surface area contributed by atoms with Crippen molar-refractivity contribution in [2.75, 3.05) is 11.9 Å². The van der Waals surface area contributed by atoms with Crippen molar-refractivity contribution in [3.8, 4) is 11.5 Å². The Kier molecular flexibility index (Phi) is 16.9. The first-order valence-electron chi connectivity index (χ1n) is 19.2. The summed E-state index contributed by atoms with van der Waals surface area (Å²) in [5.41, 5.74) is 9.25. The Hall–Kier alpha value is -4.22. The van der Waals surface area contributed by atoms with E-state index >= 15 is 0 Å². The van der Waals surface area contributed by atoms with Gasteiger partial charge in [-0.2, -0.15) is 49.2 Å². The molecule has 0 radical (unpaired) electrons. The molecule has 0 aliphatic carbocycles. The van der Waals surface area contributed by atoms with Gasteiger partial charge in [-0.3, -0.25) is 4.99 Å². The van der Waals surface area contributed by atoms with Gasteiger partial charge in [-0.05, 0) is 62.6 Å². The summed E-state index contributed by atoms with van der Waals surface area (Å²) < 4.78 is 0. The number of hydrogen-bond acceptors (Lipinski definition) is 4. The van der Waals surface area contributed by atoms with E-state index in [1.54, 1.807) is 6.21 Å². The van der Waals surface area contributed by atoms with Crippen molar-refractivity contribution in [3.05, 3.63) is 168 Å². The summed E-state index contributed by atoms with van der Waals surface area (Å²) in [5, 5.41) is 22.6. The van der Waals surface area contributed by atoms with Crippen LogP contribution in [0.3, 0.4) is 0 Å². The normalized spacial score (nSPS) is 11.8. The fraction of sp³-hybridized carbons (Fsp3) is 0.353. The maximum atomic E-state index is 11.4. The molecule has 4 nitrogen and oxygen atoms in total. The van der Waals surface area contributed by atoms with Crippen molar-refractivity contribution in [3.63, 3.8) is 0 Å². The Balaban J connectivity index is 0.000000599. The Morgan fingerprint density at radius 1 is 0.554 bits per heavy atom. The molecule has 0 unspecified atom stereocenters. The van der Waals surface area contributed by atoms with E-state index in [1.807, 2.05) is 98.0 Å². The molecule has 0 aromatic heterocycles. The molecule has 56 heavy (non-hydrogen) atoms. The van der Waals surface area contributed by atoms with Gasteiger partial charge in [0.05, 0.1) is 11.4 Å². The molecule has 0 atom stereocenters. The molecule has 0 aliphatic heterocycles. The fourth-order valence-corrected chi connectivity index (χ4v) is 5.91. The predicted molar refractivity (Wildman–Crippen MR) is 239 cm³/mol. The largest absolute Gasteiger partial charge is 0.507 e. The number of phenolic OH excluding ortho intramolecular Hbond substituents is 2. The molecule has 2 N–H and O–H groups in total. The Morgan fingerprint density at radius 2 is 0.964 bits per heavy atom. The smallest absolute Gasteiger partial charge is 0.128 e. The summed E-state index contributed by atoms with van der Waals surface area (Å²) in [5.74, 6) is 0.635. The van der Waals surface area contributed by atoms with Crippen molar-refractivity contribution in [2.45, 2.75) is 111 Å². The zero-order valence-electron chi connectivity index (χ0n) is 36.4. The van der Waals surface area contributed by atoms with E-state index in [9.17, 15) is 10.2 Å². The van der Waals surface area contributed by atoms with Crippen LogP contribution in [-0.2, 0) is 54.0 Å². The number of hydrogen-bond donors (Lipinski definition) is 2. The van der Waals surface area contributed by atoms with Crippen LogP contribution in [0.5, 0.6) is 11.5 Å². The van der Waals surface area contributed by atoms with Crippen molar-refractivity contribution in [2.24, 2.45) is 4.99 Å². The monoisotopic (exact) mass is 918 g/mol. The van der Waals surface area contributed by atoms with Gasteiger partial charge in [0, 0.05) is 62.3 Å². The van der Waals surface area contributed by atoms with Crippen LogP contribution in [0.25, 0.3) is 0 Å². The Bertz CT molecular complexity index is 1970. The van der Waals surface area contributed by atoms with Gasteiger partial charge in [0.25, 0.3) is 0 Å². The number of para-hydroxylation sites is 2. The molecule has 5 aromatic rings.